The molecule has 0 atom stereocenters. The minimum atomic E-state index is 0.417. The van der Waals surface area contributed by atoms with Crippen LogP contribution in [0.2, 0.25) is 0 Å². The molecular formula is C22H28N4O. The van der Waals surface area contributed by atoms with E-state index in [9.17, 15) is 0 Å². The first-order valence-electron chi connectivity index (χ1n) is 9.60. The van der Waals surface area contributed by atoms with Crippen molar-refractivity contribution in [2.45, 2.75) is 39.8 Å². The smallest absolute Gasteiger partial charge is 0.246 e. The molecule has 3 rings (SSSR count). The van der Waals surface area contributed by atoms with Gasteiger partial charge >= 0.3 is 0 Å². The first kappa shape index (κ1) is 19.0. The van der Waals surface area contributed by atoms with E-state index in [1.54, 1.807) is 0 Å². The summed E-state index contributed by atoms with van der Waals surface area (Å²) < 4.78 is 5.43. The van der Waals surface area contributed by atoms with Crippen LogP contribution in [0.1, 0.15) is 32.5 Å². The van der Waals surface area contributed by atoms with Gasteiger partial charge in [-0.15, -0.1) is 0 Å². The van der Waals surface area contributed by atoms with Crippen molar-refractivity contribution in [3.05, 3.63) is 72.4 Å². The molecule has 3 aromatic rings. The Kier molecular flexibility index (Phi) is 6.47. The Morgan fingerprint density at radius 3 is 2.07 bits per heavy atom. The van der Waals surface area contributed by atoms with E-state index in [1.165, 1.54) is 5.69 Å². The SMILES string of the molecule is CCc1noc(CN(CCN(c2ccccc2)C(C)C)c2ccccc2)n1. The van der Waals surface area contributed by atoms with Crippen molar-refractivity contribution < 1.29 is 4.52 Å². The molecule has 5 nitrogen and oxygen atoms in total. The van der Waals surface area contributed by atoms with E-state index in [2.05, 4.69) is 88.4 Å². The van der Waals surface area contributed by atoms with Gasteiger partial charge in [0, 0.05) is 36.9 Å². The summed E-state index contributed by atoms with van der Waals surface area (Å²) in [5.41, 5.74) is 2.40. The molecule has 1 heterocycles. The van der Waals surface area contributed by atoms with Crippen molar-refractivity contribution in [2.75, 3.05) is 22.9 Å². The molecule has 0 aliphatic carbocycles. The first-order chi connectivity index (χ1) is 13.2. The Bertz CT molecular complexity index is 801. The second kappa shape index (κ2) is 9.21. The van der Waals surface area contributed by atoms with Gasteiger partial charge in [0.25, 0.3) is 0 Å². The molecule has 0 saturated carbocycles. The number of nitrogens with zero attached hydrogens (tertiary/aromatic N) is 4. The third-order valence-corrected chi connectivity index (χ3v) is 4.60. The van der Waals surface area contributed by atoms with Crippen LogP contribution in [0.15, 0.2) is 65.2 Å². The lowest BCUT2D eigenvalue weighted by Crippen LogP contribution is -2.39. The van der Waals surface area contributed by atoms with E-state index in [0.717, 1.165) is 31.0 Å². The number of aromatic nitrogens is 2. The van der Waals surface area contributed by atoms with Gasteiger partial charge in [0.15, 0.2) is 5.82 Å². The van der Waals surface area contributed by atoms with Crippen molar-refractivity contribution in [3.63, 3.8) is 0 Å². The highest BCUT2D eigenvalue weighted by atomic mass is 16.5. The van der Waals surface area contributed by atoms with Gasteiger partial charge in [-0.3, -0.25) is 0 Å². The van der Waals surface area contributed by atoms with Gasteiger partial charge in [-0.2, -0.15) is 4.98 Å². The van der Waals surface area contributed by atoms with Crippen LogP contribution in [-0.2, 0) is 13.0 Å². The molecule has 27 heavy (non-hydrogen) atoms. The molecule has 0 N–H and O–H groups in total. The third kappa shape index (κ3) is 5.09. The zero-order valence-corrected chi connectivity index (χ0v) is 16.4. The van der Waals surface area contributed by atoms with E-state index in [-0.39, 0.29) is 0 Å². The van der Waals surface area contributed by atoms with E-state index < -0.39 is 0 Å². The zero-order chi connectivity index (χ0) is 19.1. The fraction of sp³-hybridized carbons (Fsp3) is 0.364. The topological polar surface area (TPSA) is 45.4 Å². The lowest BCUT2D eigenvalue weighted by atomic mass is 10.2. The summed E-state index contributed by atoms with van der Waals surface area (Å²) in [7, 11) is 0. The molecule has 5 heteroatoms. The minimum absolute atomic E-state index is 0.417. The third-order valence-electron chi connectivity index (χ3n) is 4.60. The van der Waals surface area contributed by atoms with Crippen molar-refractivity contribution >= 4 is 11.4 Å². The molecule has 0 aliphatic rings. The Labute approximate surface area is 161 Å². The zero-order valence-electron chi connectivity index (χ0n) is 16.4. The second-order valence-electron chi connectivity index (χ2n) is 6.84. The number of benzene rings is 2. The highest BCUT2D eigenvalue weighted by Crippen LogP contribution is 2.19. The average Bonchev–Trinajstić information content (AvgIpc) is 3.16. The highest BCUT2D eigenvalue weighted by Gasteiger charge is 2.16. The number of rotatable bonds is 9. The van der Waals surface area contributed by atoms with E-state index in [1.807, 2.05) is 13.0 Å². The number of hydrogen-bond acceptors (Lipinski definition) is 5. The number of anilines is 2. The summed E-state index contributed by atoms with van der Waals surface area (Å²) in [6.45, 7) is 8.87. The maximum atomic E-state index is 5.43. The van der Waals surface area contributed by atoms with Crippen LogP contribution in [-0.4, -0.2) is 29.3 Å². The molecule has 0 saturated heterocycles. The van der Waals surface area contributed by atoms with Crippen molar-refractivity contribution in [2.24, 2.45) is 0 Å². The summed E-state index contributed by atoms with van der Waals surface area (Å²) in [6.07, 6.45) is 0.782. The number of aryl methyl sites for hydroxylation is 1. The monoisotopic (exact) mass is 364 g/mol. The normalized spacial score (nSPS) is 11.0. The minimum Gasteiger partial charge on any atom is -0.367 e. The van der Waals surface area contributed by atoms with Gasteiger partial charge in [0.05, 0.1) is 6.54 Å². The lowest BCUT2D eigenvalue weighted by Gasteiger charge is -2.32. The molecule has 142 valence electrons. The van der Waals surface area contributed by atoms with Crippen LogP contribution in [0.3, 0.4) is 0 Å². The molecule has 0 spiro atoms. The molecule has 0 radical (unpaired) electrons. The van der Waals surface area contributed by atoms with Crippen molar-refractivity contribution in [1.29, 1.82) is 0 Å². The molecule has 2 aromatic carbocycles. The van der Waals surface area contributed by atoms with Gasteiger partial charge in [-0.25, -0.2) is 0 Å². The Hall–Kier alpha value is -2.82. The van der Waals surface area contributed by atoms with Crippen molar-refractivity contribution in [1.82, 2.24) is 10.1 Å². The van der Waals surface area contributed by atoms with Gasteiger partial charge < -0.3 is 14.3 Å². The quantitative estimate of drug-likeness (QED) is 0.557. The molecular weight excluding hydrogens is 336 g/mol. The average molecular weight is 364 g/mol. The van der Waals surface area contributed by atoms with E-state index >= 15 is 0 Å². The van der Waals surface area contributed by atoms with Crippen LogP contribution in [0, 0.1) is 0 Å². The highest BCUT2D eigenvalue weighted by molar-refractivity contribution is 5.49. The maximum Gasteiger partial charge on any atom is 0.246 e. The number of hydrogen-bond donors (Lipinski definition) is 0. The van der Waals surface area contributed by atoms with Crippen LogP contribution in [0.25, 0.3) is 0 Å². The Morgan fingerprint density at radius 1 is 0.889 bits per heavy atom. The molecule has 0 fully saturated rings. The summed E-state index contributed by atoms with van der Waals surface area (Å²) in [5, 5.41) is 4.03. The molecule has 0 unspecified atom stereocenters. The summed E-state index contributed by atoms with van der Waals surface area (Å²) in [5.74, 6) is 1.41. The summed E-state index contributed by atoms with van der Waals surface area (Å²) in [6, 6.07) is 21.4. The van der Waals surface area contributed by atoms with E-state index in [4.69, 9.17) is 4.52 Å². The Balaban J connectivity index is 1.76. The molecule has 0 bridgehead atoms. The summed E-state index contributed by atoms with van der Waals surface area (Å²) >= 11 is 0. The maximum absolute atomic E-state index is 5.43. The predicted octanol–water partition coefficient (Wildman–Crippen LogP) is 4.55. The Morgan fingerprint density at radius 2 is 1.52 bits per heavy atom. The van der Waals surface area contributed by atoms with E-state index in [0.29, 0.717) is 18.5 Å². The van der Waals surface area contributed by atoms with Gasteiger partial charge in [0.2, 0.25) is 5.89 Å². The van der Waals surface area contributed by atoms with Gasteiger partial charge in [0.1, 0.15) is 0 Å². The molecule has 1 aromatic heterocycles. The largest absolute Gasteiger partial charge is 0.367 e. The van der Waals surface area contributed by atoms with Crippen LogP contribution < -0.4 is 9.80 Å². The fourth-order valence-electron chi connectivity index (χ4n) is 3.13. The first-order valence-corrected chi connectivity index (χ1v) is 9.60. The van der Waals surface area contributed by atoms with Crippen LogP contribution >= 0.6 is 0 Å². The van der Waals surface area contributed by atoms with Gasteiger partial charge in [-0.05, 0) is 38.1 Å². The molecule has 0 amide bonds. The van der Waals surface area contributed by atoms with Crippen LogP contribution in [0.4, 0.5) is 11.4 Å². The lowest BCUT2D eigenvalue weighted by molar-refractivity contribution is 0.371. The predicted molar refractivity (Wildman–Crippen MR) is 110 cm³/mol. The number of para-hydroxylation sites is 2. The summed E-state index contributed by atoms with van der Waals surface area (Å²) in [4.78, 5) is 9.20. The van der Waals surface area contributed by atoms with Crippen LogP contribution in [0.5, 0.6) is 0 Å². The standard InChI is InChI=1S/C22H28N4O/c1-4-21-23-22(27-24-21)17-25(19-11-7-5-8-12-19)15-16-26(18(2)3)20-13-9-6-10-14-20/h5-14,18H,4,15-17H2,1-3H3. The van der Waals surface area contributed by atoms with Crippen molar-refractivity contribution in [3.8, 4) is 0 Å². The fourth-order valence-corrected chi connectivity index (χ4v) is 3.13. The second-order valence-corrected chi connectivity index (χ2v) is 6.84. The molecule has 0 aliphatic heterocycles. The van der Waals surface area contributed by atoms with Gasteiger partial charge in [-0.1, -0.05) is 48.5 Å².